The van der Waals surface area contributed by atoms with E-state index >= 15 is 0 Å². The second-order valence-electron chi connectivity index (χ2n) is 4.84. The Morgan fingerprint density at radius 1 is 1.35 bits per heavy atom. The van der Waals surface area contributed by atoms with Gasteiger partial charge in [0.05, 0.1) is 12.2 Å². The second kappa shape index (κ2) is 5.28. The summed E-state index contributed by atoms with van der Waals surface area (Å²) in [5, 5.41) is 9.19. The minimum atomic E-state index is -0.981. The standard InChI is InChI=1S/C15H15N3O2/c19-15(20)12-8-16-10-17-13(12)9-18-7-3-5-11-4-1-2-6-14(11)18/h1-2,4,6,8,10H,3,5,7,9H2,(H,19,20). The van der Waals surface area contributed by atoms with Crippen molar-refractivity contribution in [1.29, 1.82) is 0 Å². The van der Waals surface area contributed by atoms with Gasteiger partial charge in [0.25, 0.3) is 0 Å². The number of fused-ring (bicyclic) bond motifs is 1. The number of aromatic nitrogens is 2. The third-order valence-electron chi connectivity index (χ3n) is 3.57. The third-order valence-corrected chi connectivity index (χ3v) is 3.57. The molecule has 0 amide bonds. The van der Waals surface area contributed by atoms with E-state index in [9.17, 15) is 9.90 Å². The molecule has 1 N–H and O–H groups in total. The summed E-state index contributed by atoms with van der Waals surface area (Å²) in [6.07, 6.45) is 4.91. The van der Waals surface area contributed by atoms with E-state index in [2.05, 4.69) is 27.0 Å². The fourth-order valence-electron chi connectivity index (χ4n) is 2.62. The summed E-state index contributed by atoms with van der Waals surface area (Å²) >= 11 is 0. The second-order valence-corrected chi connectivity index (χ2v) is 4.84. The first-order valence-corrected chi connectivity index (χ1v) is 6.61. The molecule has 1 aliphatic heterocycles. The van der Waals surface area contributed by atoms with Crippen molar-refractivity contribution < 1.29 is 9.90 Å². The molecule has 102 valence electrons. The Bertz CT molecular complexity index is 643. The average Bonchev–Trinajstić information content (AvgIpc) is 2.48. The molecule has 0 aliphatic carbocycles. The molecule has 0 spiro atoms. The molecule has 3 rings (SSSR count). The number of carbonyl (C=O) groups is 1. The topological polar surface area (TPSA) is 66.3 Å². The molecule has 0 saturated carbocycles. The highest BCUT2D eigenvalue weighted by Crippen LogP contribution is 2.28. The van der Waals surface area contributed by atoms with Crippen LogP contribution in [0.4, 0.5) is 5.69 Å². The average molecular weight is 269 g/mol. The SMILES string of the molecule is O=C(O)c1cncnc1CN1CCCc2ccccc21. The molecule has 5 heteroatoms. The molecule has 0 radical (unpaired) electrons. The number of rotatable bonds is 3. The highest BCUT2D eigenvalue weighted by atomic mass is 16.4. The third kappa shape index (κ3) is 2.34. The Hall–Kier alpha value is -2.43. The van der Waals surface area contributed by atoms with E-state index in [1.165, 1.54) is 23.8 Å². The van der Waals surface area contributed by atoms with Crippen LogP contribution in [0.1, 0.15) is 28.0 Å². The van der Waals surface area contributed by atoms with E-state index in [1.807, 2.05) is 12.1 Å². The van der Waals surface area contributed by atoms with Crippen molar-refractivity contribution in [2.45, 2.75) is 19.4 Å². The van der Waals surface area contributed by atoms with E-state index in [0.29, 0.717) is 12.2 Å². The summed E-state index contributed by atoms with van der Waals surface area (Å²) in [5.74, 6) is -0.981. The summed E-state index contributed by atoms with van der Waals surface area (Å²) in [6.45, 7) is 1.42. The quantitative estimate of drug-likeness (QED) is 0.924. The number of aromatic carboxylic acids is 1. The molecule has 2 heterocycles. The van der Waals surface area contributed by atoms with Crippen molar-refractivity contribution in [3.8, 4) is 0 Å². The van der Waals surface area contributed by atoms with Gasteiger partial charge in [-0.2, -0.15) is 0 Å². The molecule has 0 saturated heterocycles. The van der Waals surface area contributed by atoms with Crippen LogP contribution in [0.2, 0.25) is 0 Å². The lowest BCUT2D eigenvalue weighted by Gasteiger charge is -2.31. The maximum Gasteiger partial charge on any atom is 0.339 e. The van der Waals surface area contributed by atoms with Crippen LogP contribution in [-0.4, -0.2) is 27.6 Å². The number of carboxylic acid groups (broad SMARTS) is 1. The van der Waals surface area contributed by atoms with Gasteiger partial charge in [-0.15, -0.1) is 0 Å². The van der Waals surface area contributed by atoms with E-state index in [4.69, 9.17) is 0 Å². The number of nitrogens with zero attached hydrogens (tertiary/aromatic N) is 3. The summed E-state index contributed by atoms with van der Waals surface area (Å²) in [6, 6.07) is 8.25. The van der Waals surface area contributed by atoms with Crippen LogP contribution in [0, 0.1) is 0 Å². The predicted molar refractivity (Wildman–Crippen MR) is 74.8 cm³/mol. The fourth-order valence-corrected chi connectivity index (χ4v) is 2.62. The molecular formula is C15H15N3O2. The molecule has 1 aliphatic rings. The van der Waals surface area contributed by atoms with Gasteiger partial charge in [-0.1, -0.05) is 18.2 Å². The van der Waals surface area contributed by atoms with Crippen LogP contribution >= 0.6 is 0 Å². The Kier molecular flexibility index (Phi) is 3.33. The van der Waals surface area contributed by atoms with Crippen LogP contribution in [0.5, 0.6) is 0 Å². The smallest absolute Gasteiger partial charge is 0.339 e. The Labute approximate surface area is 116 Å². The lowest BCUT2D eigenvalue weighted by atomic mass is 10.0. The first-order valence-electron chi connectivity index (χ1n) is 6.61. The number of benzene rings is 1. The summed E-state index contributed by atoms with van der Waals surface area (Å²) in [4.78, 5) is 21.3. The highest BCUT2D eigenvalue weighted by molar-refractivity contribution is 5.88. The van der Waals surface area contributed by atoms with E-state index < -0.39 is 5.97 Å². The van der Waals surface area contributed by atoms with Crippen LogP contribution < -0.4 is 4.90 Å². The normalized spacial score (nSPS) is 13.9. The zero-order valence-electron chi connectivity index (χ0n) is 11.0. The Balaban J connectivity index is 1.92. The van der Waals surface area contributed by atoms with Crippen molar-refractivity contribution in [3.05, 3.63) is 53.6 Å². The van der Waals surface area contributed by atoms with Gasteiger partial charge in [-0.3, -0.25) is 0 Å². The maximum atomic E-state index is 11.2. The van der Waals surface area contributed by atoms with Crippen molar-refractivity contribution in [2.24, 2.45) is 0 Å². The molecule has 2 aromatic rings. The van der Waals surface area contributed by atoms with E-state index in [-0.39, 0.29) is 5.56 Å². The van der Waals surface area contributed by atoms with Crippen molar-refractivity contribution in [3.63, 3.8) is 0 Å². The molecule has 0 fully saturated rings. The zero-order valence-corrected chi connectivity index (χ0v) is 11.0. The largest absolute Gasteiger partial charge is 0.478 e. The van der Waals surface area contributed by atoms with Crippen LogP contribution in [0.15, 0.2) is 36.8 Å². The van der Waals surface area contributed by atoms with Gasteiger partial charge in [0.15, 0.2) is 0 Å². The Morgan fingerprint density at radius 3 is 3.05 bits per heavy atom. The van der Waals surface area contributed by atoms with Gasteiger partial charge in [0.1, 0.15) is 11.9 Å². The van der Waals surface area contributed by atoms with E-state index in [0.717, 1.165) is 19.4 Å². The molecule has 0 unspecified atom stereocenters. The molecular weight excluding hydrogens is 254 g/mol. The molecule has 20 heavy (non-hydrogen) atoms. The fraction of sp³-hybridized carbons (Fsp3) is 0.267. The van der Waals surface area contributed by atoms with Gasteiger partial charge in [-0.05, 0) is 24.5 Å². The van der Waals surface area contributed by atoms with Crippen molar-refractivity contribution in [1.82, 2.24) is 9.97 Å². The number of hydrogen-bond acceptors (Lipinski definition) is 4. The number of anilines is 1. The van der Waals surface area contributed by atoms with E-state index in [1.54, 1.807) is 0 Å². The monoisotopic (exact) mass is 269 g/mol. The molecule has 5 nitrogen and oxygen atoms in total. The van der Waals surface area contributed by atoms with Gasteiger partial charge in [-0.25, -0.2) is 14.8 Å². The first-order chi connectivity index (χ1) is 9.75. The minimum Gasteiger partial charge on any atom is -0.478 e. The number of carboxylic acids is 1. The van der Waals surface area contributed by atoms with Gasteiger partial charge >= 0.3 is 5.97 Å². The number of hydrogen-bond donors (Lipinski definition) is 1. The first kappa shape index (κ1) is 12.6. The summed E-state index contributed by atoms with van der Waals surface area (Å²) in [7, 11) is 0. The summed E-state index contributed by atoms with van der Waals surface area (Å²) in [5.41, 5.74) is 3.22. The van der Waals surface area contributed by atoms with Gasteiger partial charge in [0, 0.05) is 18.4 Å². The predicted octanol–water partition coefficient (Wildman–Crippen LogP) is 2.13. The lowest BCUT2D eigenvalue weighted by Crippen LogP contribution is -2.30. The Morgan fingerprint density at radius 2 is 2.20 bits per heavy atom. The molecule has 0 atom stereocenters. The van der Waals surface area contributed by atoms with Gasteiger partial charge < -0.3 is 10.0 Å². The van der Waals surface area contributed by atoms with Crippen molar-refractivity contribution in [2.75, 3.05) is 11.4 Å². The van der Waals surface area contributed by atoms with Crippen LogP contribution in [-0.2, 0) is 13.0 Å². The minimum absolute atomic E-state index is 0.176. The lowest BCUT2D eigenvalue weighted by molar-refractivity contribution is 0.0694. The summed E-state index contributed by atoms with van der Waals surface area (Å²) < 4.78 is 0. The maximum absolute atomic E-state index is 11.2. The zero-order chi connectivity index (χ0) is 13.9. The molecule has 1 aromatic carbocycles. The highest BCUT2D eigenvalue weighted by Gasteiger charge is 2.19. The number of aryl methyl sites for hydroxylation is 1. The van der Waals surface area contributed by atoms with Crippen LogP contribution in [0.25, 0.3) is 0 Å². The number of para-hydroxylation sites is 1. The molecule has 0 bridgehead atoms. The van der Waals surface area contributed by atoms with Crippen LogP contribution in [0.3, 0.4) is 0 Å². The van der Waals surface area contributed by atoms with Gasteiger partial charge in [0.2, 0.25) is 0 Å². The molecule has 1 aromatic heterocycles. The van der Waals surface area contributed by atoms with Crippen molar-refractivity contribution >= 4 is 11.7 Å².